The standard InChI is InChI=1S/C13H10FNO3S/c1-18-13(17)9-7-8(14)4-5-10(9)15-12(16)11-3-2-6-19-11/h2-7H,1H3,(H,15,16). The molecule has 2 rings (SSSR count). The van der Waals surface area contributed by atoms with Crippen molar-refractivity contribution in [3.8, 4) is 0 Å². The fourth-order valence-electron chi connectivity index (χ4n) is 1.50. The van der Waals surface area contributed by atoms with Gasteiger partial charge in [-0.1, -0.05) is 6.07 Å². The molecule has 0 aliphatic carbocycles. The van der Waals surface area contributed by atoms with Crippen LogP contribution in [0.2, 0.25) is 0 Å². The number of hydrogen-bond acceptors (Lipinski definition) is 4. The summed E-state index contributed by atoms with van der Waals surface area (Å²) in [5.41, 5.74) is 0.194. The number of amides is 1. The summed E-state index contributed by atoms with van der Waals surface area (Å²) in [4.78, 5) is 23.9. The number of carbonyl (C=O) groups excluding carboxylic acids is 2. The lowest BCUT2D eigenvalue weighted by Crippen LogP contribution is -2.14. The smallest absolute Gasteiger partial charge is 0.340 e. The Labute approximate surface area is 112 Å². The van der Waals surface area contributed by atoms with Crippen molar-refractivity contribution in [1.82, 2.24) is 0 Å². The van der Waals surface area contributed by atoms with E-state index >= 15 is 0 Å². The number of benzene rings is 1. The maximum Gasteiger partial charge on any atom is 0.340 e. The fraction of sp³-hybridized carbons (Fsp3) is 0.0769. The molecule has 0 radical (unpaired) electrons. The molecule has 98 valence electrons. The molecule has 0 atom stereocenters. The quantitative estimate of drug-likeness (QED) is 0.879. The first-order chi connectivity index (χ1) is 9.11. The van der Waals surface area contributed by atoms with Crippen LogP contribution in [0.15, 0.2) is 35.7 Å². The highest BCUT2D eigenvalue weighted by Gasteiger charge is 2.16. The Morgan fingerprint density at radius 1 is 1.32 bits per heavy atom. The number of anilines is 1. The fourth-order valence-corrected chi connectivity index (χ4v) is 2.11. The van der Waals surface area contributed by atoms with Crippen molar-refractivity contribution in [2.75, 3.05) is 12.4 Å². The van der Waals surface area contributed by atoms with Crippen LogP contribution >= 0.6 is 11.3 Å². The Balaban J connectivity index is 2.29. The van der Waals surface area contributed by atoms with Crippen LogP contribution in [0.1, 0.15) is 20.0 Å². The molecule has 0 fully saturated rings. The maximum atomic E-state index is 13.1. The van der Waals surface area contributed by atoms with Gasteiger partial charge in [-0.25, -0.2) is 9.18 Å². The lowest BCUT2D eigenvalue weighted by atomic mass is 10.1. The van der Waals surface area contributed by atoms with E-state index in [0.29, 0.717) is 4.88 Å². The number of rotatable bonds is 3. The molecule has 1 heterocycles. The predicted molar refractivity (Wildman–Crippen MR) is 70.0 cm³/mol. The highest BCUT2D eigenvalue weighted by Crippen LogP contribution is 2.20. The van der Waals surface area contributed by atoms with Gasteiger partial charge in [0.1, 0.15) is 5.82 Å². The van der Waals surface area contributed by atoms with E-state index in [-0.39, 0.29) is 17.2 Å². The minimum atomic E-state index is -0.707. The number of esters is 1. The topological polar surface area (TPSA) is 55.4 Å². The Morgan fingerprint density at radius 2 is 2.11 bits per heavy atom. The van der Waals surface area contributed by atoms with E-state index in [9.17, 15) is 14.0 Å². The van der Waals surface area contributed by atoms with E-state index < -0.39 is 11.8 Å². The van der Waals surface area contributed by atoms with Crippen LogP contribution in [0, 0.1) is 5.82 Å². The second-order valence-corrected chi connectivity index (χ2v) is 4.56. The number of carbonyl (C=O) groups is 2. The summed E-state index contributed by atoms with van der Waals surface area (Å²) in [7, 11) is 1.19. The van der Waals surface area contributed by atoms with E-state index in [2.05, 4.69) is 10.1 Å². The summed E-state index contributed by atoms with van der Waals surface area (Å²) < 4.78 is 17.7. The molecule has 0 spiro atoms. The van der Waals surface area contributed by atoms with Gasteiger partial charge in [0.2, 0.25) is 0 Å². The molecule has 1 amide bonds. The molecule has 19 heavy (non-hydrogen) atoms. The summed E-state index contributed by atoms with van der Waals surface area (Å²) in [6.07, 6.45) is 0. The third kappa shape index (κ3) is 2.97. The molecule has 2 aromatic rings. The van der Waals surface area contributed by atoms with Crippen LogP contribution in [0.3, 0.4) is 0 Å². The van der Waals surface area contributed by atoms with Crippen LogP contribution in [0.25, 0.3) is 0 Å². The molecule has 1 N–H and O–H groups in total. The Hall–Kier alpha value is -2.21. The molecule has 0 aliphatic rings. The summed E-state index contributed by atoms with van der Waals surface area (Å²) in [6.45, 7) is 0. The number of nitrogens with one attached hydrogen (secondary N) is 1. The SMILES string of the molecule is COC(=O)c1cc(F)ccc1NC(=O)c1cccs1. The molecule has 1 aromatic heterocycles. The summed E-state index contributed by atoms with van der Waals surface area (Å²) in [6, 6.07) is 6.91. The summed E-state index contributed by atoms with van der Waals surface area (Å²) >= 11 is 1.27. The van der Waals surface area contributed by atoms with E-state index in [1.165, 1.54) is 24.5 Å². The molecule has 0 bridgehead atoms. The Morgan fingerprint density at radius 3 is 2.74 bits per heavy atom. The molecule has 0 saturated carbocycles. The van der Waals surface area contributed by atoms with Gasteiger partial charge in [0, 0.05) is 0 Å². The number of halogens is 1. The highest BCUT2D eigenvalue weighted by atomic mass is 32.1. The van der Waals surface area contributed by atoms with Gasteiger partial charge in [-0.3, -0.25) is 4.79 Å². The first kappa shape index (κ1) is 13.2. The monoisotopic (exact) mass is 279 g/mol. The van der Waals surface area contributed by atoms with Gasteiger partial charge in [-0.15, -0.1) is 11.3 Å². The van der Waals surface area contributed by atoms with Crippen molar-refractivity contribution in [3.05, 3.63) is 52.0 Å². The minimum absolute atomic E-state index is 0.0209. The van der Waals surface area contributed by atoms with Crippen molar-refractivity contribution in [3.63, 3.8) is 0 Å². The van der Waals surface area contributed by atoms with Crippen molar-refractivity contribution >= 4 is 28.9 Å². The van der Waals surface area contributed by atoms with Gasteiger partial charge >= 0.3 is 5.97 Å². The van der Waals surface area contributed by atoms with Gasteiger partial charge in [-0.05, 0) is 29.6 Å². The van der Waals surface area contributed by atoms with Gasteiger partial charge < -0.3 is 10.1 Å². The summed E-state index contributed by atoms with van der Waals surface area (Å²) in [5, 5.41) is 4.32. The Kier molecular flexibility index (Phi) is 3.91. The molecule has 0 aliphatic heterocycles. The van der Waals surface area contributed by atoms with Crippen molar-refractivity contribution in [2.24, 2.45) is 0 Å². The van der Waals surface area contributed by atoms with E-state index in [1.807, 2.05) is 0 Å². The first-order valence-corrected chi connectivity index (χ1v) is 6.22. The zero-order chi connectivity index (χ0) is 13.8. The zero-order valence-corrected chi connectivity index (χ0v) is 10.8. The van der Waals surface area contributed by atoms with Gasteiger partial charge in [0.05, 0.1) is 23.2 Å². The number of ether oxygens (including phenoxy) is 1. The lowest BCUT2D eigenvalue weighted by molar-refractivity contribution is 0.0601. The Bertz CT molecular complexity index is 610. The normalized spacial score (nSPS) is 10.0. The van der Waals surface area contributed by atoms with Crippen molar-refractivity contribution < 1.29 is 18.7 Å². The van der Waals surface area contributed by atoms with Crippen molar-refractivity contribution in [2.45, 2.75) is 0 Å². The third-order valence-corrected chi connectivity index (χ3v) is 3.25. The zero-order valence-electron chi connectivity index (χ0n) is 9.98. The van der Waals surface area contributed by atoms with Crippen LogP contribution in [0.4, 0.5) is 10.1 Å². The number of hydrogen-bond donors (Lipinski definition) is 1. The first-order valence-electron chi connectivity index (χ1n) is 5.34. The van der Waals surface area contributed by atoms with Crippen molar-refractivity contribution in [1.29, 1.82) is 0 Å². The molecule has 6 heteroatoms. The summed E-state index contributed by atoms with van der Waals surface area (Å²) in [5.74, 6) is -1.64. The second kappa shape index (κ2) is 5.62. The van der Waals surface area contributed by atoms with Crippen LogP contribution in [0.5, 0.6) is 0 Å². The third-order valence-electron chi connectivity index (χ3n) is 2.38. The largest absolute Gasteiger partial charge is 0.465 e. The van der Waals surface area contributed by atoms with Crippen LogP contribution in [-0.2, 0) is 4.74 Å². The number of methoxy groups -OCH3 is 1. The minimum Gasteiger partial charge on any atom is -0.465 e. The average Bonchev–Trinajstić information content (AvgIpc) is 2.94. The molecule has 1 aromatic carbocycles. The molecule has 0 saturated heterocycles. The lowest BCUT2D eigenvalue weighted by Gasteiger charge is -2.09. The predicted octanol–water partition coefficient (Wildman–Crippen LogP) is 2.93. The highest BCUT2D eigenvalue weighted by molar-refractivity contribution is 7.12. The number of thiophene rings is 1. The van der Waals surface area contributed by atoms with E-state index in [0.717, 1.165) is 12.1 Å². The molecular formula is C13H10FNO3S. The van der Waals surface area contributed by atoms with Gasteiger partial charge in [0.15, 0.2) is 0 Å². The van der Waals surface area contributed by atoms with Gasteiger partial charge in [-0.2, -0.15) is 0 Å². The average molecular weight is 279 g/mol. The van der Waals surface area contributed by atoms with Crippen LogP contribution < -0.4 is 5.32 Å². The van der Waals surface area contributed by atoms with E-state index in [1.54, 1.807) is 17.5 Å². The molecular weight excluding hydrogens is 269 g/mol. The molecule has 4 nitrogen and oxygen atoms in total. The molecule has 0 unspecified atom stereocenters. The van der Waals surface area contributed by atoms with E-state index in [4.69, 9.17) is 0 Å². The second-order valence-electron chi connectivity index (χ2n) is 3.61. The van der Waals surface area contributed by atoms with Gasteiger partial charge in [0.25, 0.3) is 5.91 Å². The maximum absolute atomic E-state index is 13.1. The van der Waals surface area contributed by atoms with Crippen LogP contribution in [-0.4, -0.2) is 19.0 Å².